The molecule has 0 fully saturated rings. The molecular weight excluding hydrogens is 180 g/mol. The van der Waals surface area contributed by atoms with Crippen LogP contribution in [0.15, 0.2) is 9.98 Å². The predicted octanol–water partition coefficient (Wildman–Crippen LogP) is 1.40. The molecule has 2 aliphatic heterocycles. The van der Waals surface area contributed by atoms with E-state index in [-0.39, 0.29) is 12.1 Å². The first kappa shape index (κ1) is 9.49. The second kappa shape index (κ2) is 3.98. The fraction of sp³-hybridized carbons (Fsp3) is 0.800. The fourth-order valence-electron chi connectivity index (χ4n) is 1.48. The summed E-state index contributed by atoms with van der Waals surface area (Å²) < 4.78 is 10.9. The Morgan fingerprint density at radius 3 is 1.71 bits per heavy atom. The topological polar surface area (TPSA) is 43.2 Å². The third-order valence-electron chi connectivity index (χ3n) is 2.55. The van der Waals surface area contributed by atoms with Crippen molar-refractivity contribution >= 4 is 11.8 Å². The van der Waals surface area contributed by atoms with E-state index in [1.54, 1.807) is 0 Å². The van der Waals surface area contributed by atoms with E-state index >= 15 is 0 Å². The summed E-state index contributed by atoms with van der Waals surface area (Å²) in [6, 6.07) is 0.578. The Hall–Kier alpha value is -1.06. The van der Waals surface area contributed by atoms with Gasteiger partial charge < -0.3 is 9.47 Å². The monoisotopic (exact) mass is 196 g/mol. The van der Waals surface area contributed by atoms with Crippen molar-refractivity contribution in [1.29, 1.82) is 0 Å². The van der Waals surface area contributed by atoms with Gasteiger partial charge in [-0.15, -0.1) is 0 Å². The average molecular weight is 196 g/mol. The molecule has 0 saturated heterocycles. The minimum absolute atomic E-state index is 0.289. The van der Waals surface area contributed by atoms with Gasteiger partial charge in [-0.25, -0.2) is 9.98 Å². The van der Waals surface area contributed by atoms with Crippen molar-refractivity contribution in [2.24, 2.45) is 9.98 Å². The van der Waals surface area contributed by atoms with Crippen LogP contribution in [0.1, 0.15) is 26.7 Å². The average Bonchev–Trinajstić information content (AvgIpc) is 2.86. The second-order valence-electron chi connectivity index (χ2n) is 3.61. The van der Waals surface area contributed by atoms with Gasteiger partial charge in [0.25, 0.3) is 11.8 Å². The van der Waals surface area contributed by atoms with Gasteiger partial charge >= 0.3 is 0 Å². The molecule has 2 heterocycles. The lowest BCUT2D eigenvalue weighted by molar-refractivity contribution is 0.292. The van der Waals surface area contributed by atoms with Gasteiger partial charge in [0.15, 0.2) is 0 Å². The van der Waals surface area contributed by atoms with E-state index in [1.807, 2.05) is 0 Å². The molecule has 4 heteroatoms. The maximum absolute atomic E-state index is 5.43. The molecule has 0 spiro atoms. The highest BCUT2D eigenvalue weighted by atomic mass is 16.5. The zero-order valence-corrected chi connectivity index (χ0v) is 8.69. The van der Waals surface area contributed by atoms with Gasteiger partial charge in [-0.2, -0.15) is 0 Å². The first-order chi connectivity index (χ1) is 6.83. The number of hydrogen-bond donors (Lipinski definition) is 0. The van der Waals surface area contributed by atoms with Crippen molar-refractivity contribution in [3.05, 3.63) is 0 Å². The van der Waals surface area contributed by atoms with Crippen LogP contribution in [0.3, 0.4) is 0 Å². The Morgan fingerprint density at radius 1 is 1.00 bits per heavy atom. The summed E-state index contributed by atoms with van der Waals surface area (Å²) in [5.41, 5.74) is 0. The van der Waals surface area contributed by atoms with Crippen molar-refractivity contribution in [2.45, 2.75) is 38.8 Å². The molecule has 4 nitrogen and oxygen atoms in total. The Morgan fingerprint density at radius 2 is 1.43 bits per heavy atom. The molecule has 2 rings (SSSR count). The first-order valence-electron chi connectivity index (χ1n) is 5.25. The number of nitrogens with zero attached hydrogens (tertiary/aromatic N) is 2. The molecule has 78 valence electrons. The van der Waals surface area contributed by atoms with Crippen LogP contribution in [0.5, 0.6) is 0 Å². The minimum atomic E-state index is 0.289. The Balaban J connectivity index is 2.03. The largest absolute Gasteiger partial charge is 0.472 e. The van der Waals surface area contributed by atoms with E-state index in [0.29, 0.717) is 25.0 Å². The summed E-state index contributed by atoms with van der Waals surface area (Å²) in [6.07, 6.45) is 2.02. The van der Waals surface area contributed by atoms with E-state index in [1.165, 1.54) is 0 Å². The van der Waals surface area contributed by atoms with Crippen molar-refractivity contribution in [2.75, 3.05) is 13.2 Å². The summed E-state index contributed by atoms with van der Waals surface area (Å²) in [6.45, 7) is 5.55. The van der Waals surface area contributed by atoms with Crippen LogP contribution in [-0.2, 0) is 9.47 Å². The van der Waals surface area contributed by atoms with E-state index < -0.39 is 0 Å². The number of aliphatic imine (C=N–C) groups is 2. The lowest BCUT2D eigenvalue weighted by Crippen LogP contribution is -2.14. The van der Waals surface area contributed by atoms with E-state index in [4.69, 9.17) is 9.47 Å². The van der Waals surface area contributed by atoms with Crippen LogP contribution >= 0.6 is 0 Å². The van der Waals surface area contributed by atoms with Gasteiger partial charge in [0.1, 0.15) is 13.2 Å². The highest BCUT2D eigenvalue weighted by Gasteiger charge is 2.27. The van der Waals surface area contributed by atoms with Crippen molar-refractivity contribution in [3.8, 4) is 0 Å². The molecular formula is C10H16N2O2. The van der Waals surface area contributed by atoms with Gasteiger partial charge in [0.2, 0.25) is 0 Å². The van der Waals surface area contributed by atoms with Gasteiger partial charge in [0, 0.05) is 0 Å². The second-order valence-corrected chi connectivity index (χ2v) is 3.61. The summed E-state index contributed by atoms with van der Waals surface area (Å²) in [4.78, 5) is 8.79. The smallest absolute Gasteiger partial charge is 0.273 e. The van der Waals surface area contributed by atoms with Crippen LogP contribution in [0.25, 0.3) is 0 Å². The molecule has 0 radical (unpaired) electrons. The quantitative estimate of drug-likeness (QED) is 0.684. The van der Waals surface area contributed by atoms with Crippen LogP contribution in [0, 0.1) is 0 Å². The van der Waals surface area contributed by atoms with Crippen LogP contribution in [-0.4, -0.2) is 37.1 Å². The summed E-state index contributed by atoms with van der Waals surface area (Å²) in [5, 5.41) is 0. The standard InChI is InChI=1S/C10H16N2O2/c1-3-7-5-13-9(11-7)10-12-8(4-2)6-14-10/h7-8H,3-6H2,1-2H3/t7-,8-/m0/s1. The van der Waals surface area contributed by atoms with Gasteiger partial charge in [-0.1, -0.05) is 13.8 Å². The summed E-state index contributed by atoms with van der Waals surface area (Å²) in [7, 11) is 0. The third kappa shape index (κ3) is 1.74. The molecule has 0 aliphatic carbocycles. The Labute approximate surface area is 84.0 Å². The molecule has 0 amide bonds. The van der Waals surface area contributed by atoms with Crippen LogP contribution in [0.2, 0.25) is 0 Å². The first-order valence-corrected chi connectivity index (χ1v) is 5.25. The van der Waals surface area contributed by atoms with Gasteiger partial charge in [0.05, 0.1) is 12.1 Å². The normalized spacial score (nSPS) is 30.7. The van der Waals surface area contributed by atoms with Crippen molar-refractivity contribution < 1.29 is 9.47 Å². The molecule has 0 N–H and O–H groups in total. The SMILES string of the molecule is CC[C@H]1COC(C2=N[C@@H](CC)CO2)=N1. The summed E-state index contributed by atoms with van der Waals surface area (Å²) >= 11 is 0. The van der Waals surface area contributed by atoms with Gasteiger partial charge in [-0.05, 0) is 12.8 Å². The molecule has 0 aromatic carbocycles. The fourth-order valence-corrected chi connectivity index (χ4v) is 1.48. The molecule has 0 saturated carbocycles. The zero-order chi connectivity index (χ0) is 9.97. The number of rotatable bonds is 3. The highest BCUT2D eigenvalue weighted by molar-refractivity contribution is 6.36. The van der Waals surface area contributed by atoms with E-state index in [0.717, 1.165) is 12.8 Å². The van der Waals surface area contributed by atoms with E-state index in [2.05, 4.69) is 23.8 Å². The molecule has 14 heavy (non-hydrogen) atoms. The van der Waals surface area contributed by atoms with Gasteiger partial charge in [-0.3, -0.25) is 0 Å². The lowest BCUT2D eigenvalue weighted by atomic mass is 10.3. The number of ether oxygens (including phenoxy) is 2. The van der Waals surface area contributed by atoms with Crippen LogP contribution < -0.4 is 0 Å². The zero-order valence-electron chi connectivity index (χ0n) is 8.69. The maximum atomic E-state index is 5.43. The molecule has 2 atom stereocenters. The Bertz CT molecular complexity index is 245. The molecule has 0 aromatic rings. The highest BCUT2D eigenvalue weighted by Crippen LogP contribution is 2.14. The summed E-state index contributed by atoms with van der Waals surface area (Å²) in [5.74, 6) is 1.21. The predicted molar refractivity (Wildman–Crippen MR) is 54.9 cm³/mol. The maximum Gasteiger partial charge on any atom is 0.273 e. The lowest BCUT2D eigenvalue weighted by Gasteiger charge is -1.99. The van der Waals surface area contributed by atoms with Crippen molar-refractivity contribution in [3.63, 3.8) is 0 Å². The van der Waals surface area contributed by atoms with Crippen LogP contribution in [0.4, 0.5) is 0 Å². The number of hydrogen-bond acceptors (Lipinski definition) is 4. The van der Waals surface area contributed by atoms with Crippen molar-refractivity contribution in [1.82, 2.24) is 0 Å². The Kier molecular flexibility index (Phi) is 2.70. The molecule has 2 aliphatic rings. The molecule has 0 bridgehead atoms. The molecule has 0 aromatic heterocycles. The van der Waals surface area contributed by atoms with E-state index in [9.17, 15) is 0 Å². The molecule has 0 unspecified atom stereocenters. The third-order valence-corrected chi connectivity index (χ3v) is 2.55. The minimum Gasteiger partial charge on any atom is -0.472 e.